The van der Waals surface area contributed by atoms with Gasteiger partial charge in [0.05, 0.1) is 11.1 Å². The van der Waals surface area contributed by atoms with E-state index >= 15 is 0 Å². The van der Waals surface area contributed by atoms with Gasteiger partial charge in [0.25, 0.3) is 0 Å². The Morgan fingerprint density at radius 3 is 2.20 bits per heavy atom. The first-order valence-electron chi connectivity index (χ1n) is 6.65. The number of alkyl halides is 3. The molecule has 1 aromatic carbocycles. The van der Waals surface area contributed by atoms with Crippen molar-refractivity contribution in [2.45, 2.75) is 45.7 Å². The highest BCUT2D eigenvalue weighted by Gasteiger charge is 2.34. The second-order valence-electron chi connectivity index (χ2n) is 5.96. The summed E-state index contributed by atoms with van der Waals surface area (Å²) in [7, 11) is 0. The van der Waals surface area contributed by atoms with Crippen molar-refractivity contribution in [3.63, 3.8) is 0 Å². The molecule has 0 spiro atoms. The lowest BCUT2D eigenvalue weighted by Gasteiger charge is -2.23. The van der Waals surface area contributed by atoms with Crippen LogP contribution < -0.4 is 0 Å². The van der Waals surface area contributed by atoms with Crippen LogP contribution in [0.25, 0.3) is 10.9 Å². The molecular formula is C16H18F3N. The molecule has 1 heterocycles. The van der Waals surface area contributed by atoms with E-state index in [1.165, 1.54) is 6.07 Å². The van der Waals surface area contributed by atoms with Crippen LogP contribution in [-0.4, -0.2) is 4.98 Å². The maximum atomic E-state index is 13.1. The molecule has 0 atom stereocenters. The van der Waals surface area contributed by atoms with Gasteiger partial charge >= 0.3 is 6.18 Å². The van der Waals surface area contributed by atoms with Crippen LogP contribution in [-0.2, 0) is 18.0 Å². The molecule has 0 aliphatic carbocycles. The average molecular weight is 281 g/mol. The molecular weight excluding hydrogens is 263 g/mol. The number of nitrogens with zero attached hydrogens (tertiary/aromatic N) is 1. The number of fused-ring (bicyclic) bond motifs is 1. The van der Waals surface area contributed by atoms with E-state index in [0.717, 1.165) is 11.6 Å². The third kappa shape index (κ3) is 2.65. The number of rotatable bonds is 1. The van der Waals surface area contributed by atoms with Crippen molar-refractivity contribution >= 4 is 10.9 Å². The Morgan fingerprint density at radius 2 is 1.70 bits per heavy atom. The summed E-state index contributed by atoms with van der Waals surface area (Å²) in [6, 6.07) is 6.19. The smallest absolute Gasteiger partial charge is 0.252 e. The van der Waals surface area contributed by atoms with Crippen LogP contribution in [0.4, 0.5) is 13.2 Å². The molecule has 1 nitrogen and oxygen atoms in total. The monoisotopic (exact) mass is 281 g/mol. The van der Waals surface area contributed by atoms with Gasteiger partial charge < -0.3 is 0 Å². The van der Waals surface area contributed by atoms with Gasteiger partial charge in [0.2, 0.25) is 0 Å². The Labute approximate surface area is 116 Å². The minimum absolute atomic E-state index is 0.0595. The highest BCUT2D eigenvalue weighted by molar-refractivity contribution is 5.86. The lowest BCUT2D eigenvalue weighted by atomic mass is 9.83. The van der Waals surface area contributed by atoms with Gasteiger partial charge in [-0.05, 0) is 29.5 Å². The highest BCUT2D eigenvalue weighted by Crippen LogP contribution is 2.37. The summed E-state index contributed by atoms with van der Waals surface area (Å²) in [5.74, 6) is 0. The van der Waals surface area contributed by atoms with Gasteiger partial charge in [0.15, 0.2) is 0 Å². The van der Waals surface area contributed by atoms with E-state index < -0.39 is 11.7 Å². The minimum Gasteiger partial charge on any atom is -0.252 e. The summed E-state index contributed by atoms with van der Waals surface area (Å²) in [5, 5.41) is 0.588. The van der Waals surface area contributed by atoms with E-state index in [4.69, 9.17) is 0 Å². The maximum Gasteiger partial charge on any atom is 0.418 e. The third-order valence-electron chi connectivity index (χ3n) is 3.37. The van der Waals surface area contributed by atoms with Crippen LogP contribution >= 0.6 is 0 Å². The van der Waals surface area contributed by atoms with Gasteiger partial charge in [-0.15, -0.1) is 0 Å². The second kappa shape index (κ2) is 4.76. The number of para-hydroxylation sites is 1. The Kier molecular flexibility index (Phi) is 3.53. The van der Waals surface area contributed by atoms with Crippen LogP contribution in [0.5, 0.6) is 0 Å². The van der Waals surface area contributed by atoms with Gasteiger partial charge in [-0.3, -0.25) is 4.98 Å². The number of hydrogen-bond donors (Lipinski definition) is 0. The van der Waals surface area contributed by atoms with E-state index in [9.17, 15) is 13.2 Å². The van der Waals surface area contributed by atoms with Crippen molar-refractivity contribution in [2.75, 3.05) is 0 Å². The average Bonchev–Trinajstić information content (AvgIpc) is 2.34. The Morgan fingerprint density at radius 1 is 1.05 bits per heavy atom. The predicted molar refractivity (Wildman–Crippen MR) is 74.8 cm³/mol. The summed E-state index contributed by atoms with van der Waals surface area (Å²) in [4.78, 5) is 4.21. The summed E-state index contributed by atoms with van der Waals surface area (Å²) in [6.45, 7) is 7.90. The first-order valence-corrected chi connectivity index (χ1v) is 6.65. The fraction of sp³-hybridized carbons (Fsp3) is 0.438. The fourth-order valence-electron chi connectivity index (χ4n) is 2.33. The van der Waals surface area contributed by atoms with E-state index in [1.54, 1.807) is 6.07 Å². The molecule has 108 valence electrons. The number of benzene rings is 1. The van der Waals surface area contributed by atoms with Crippen molar-refractivity contribution in [3.8, 4) is 0 Å². The summed E-state index contributed by atoms with van der Waals surface area (Å²) in [6.07, 6.45) is -3.76. The molecule has 0 unspecified atom stereocenters. The molecule has 2 aromatic rings. The normalized spacial score (nSPS) is 12.9. The van der Waals surface area contributed by atoms with Gasteiger partial charge in [0, 0.05) is 11.1 Å². The maximum absolute atomic E-state index is 13.1. The van der Waals surface area contributed by atoms with Crippen LogP contribution in [0.1, 0.15) is 44.5 Å². The van der Waals surface area contributed by atoms with Crippen LogP contribution in [0.2, 0.25) is 0 Å². The summed E-state index contributed by atoms with van der Waals surface area (Å²) in [5.41, 5.74) is 0.777. The van der Waals surface area contributed by atoms with Crippen molar-refractivity contribution in [1.82, 2.24) is 4.98 Å². The Bertz CT molecular complexity index is 636. The Balaban J connectivity index is 2.90. The van der Waals surface area contributed by atoms with Crippen LogP contribution in [0, 0.1) is 0 Å². The van der Waals surface area contributed by atoms with Crippen molar-refractivity contribution in [1.29, 1.82) is 0 Å². The van der Waals surface area contributed by atoms with E-state index in [0.29, 0.717) is 17.5 Å². The summed E-state index contributed by atoms with van der Waals surface area (Å²) >= 11 is 0. The van der Waals surface area contributed by atoms with Gasteiger partial charge in [0.1, 0.15) is 0 Å². The standard InChI is InChI=1S/C16H18F3N/c1-5-10-9-13(15(2,3)4)11-7-6-8-12(14(11)20-10)16(17,18)19/h6-9H,5H2,1-4H3. The number of pyridine rings is 1. The fourth-order valence-corrected chi connectivity index (χ4v) is 2.33. The van der Waals surface area contributed by atoms with E-state index in [1.807, 2.05) is 33.8 Å². The molecule has 0 radical (unpaired) electrons. The first kappa shape index (κ1) is 14.8. The zero-order valence-electron chi connectivity index (χ0n) is 12.1. The van der Waals surface area contributed by atoms with Gasteiger partial charge in [-0.25, -0.2) is 0 Å². The Hall–Kier alpha value is -1.58. The lowest BCUT2D eigenvalue weighted by molar-refractivity contribution is -0.136. The summed E-state index contributed by atoms with van der Waals surface area (Å²) < 4.78 is 39.4. The topological polar surface area (TPSA) is 12.9 Å². The number of aromatic nitrogens is 1. The molecule has 0 saturated heterocycles. The van der Waals surface area contributed by atoms with Crippen LogP contribution in [0.15, 0.2) is 24.3 Å². The van der Waals surface area contributed by atoms with Crippen molar-refractivity contribution in [3.05, 3.63) is 41.1 Å². The minimum atomic E-state index is -4.38. The van der Waals surface area contributed by atoms with E-state index in [-0.39, 0.29) is 10.9 Å². The largest absolute Gasteiger partial charge is 0.418 e. The van der Waals surface area contributed by atoms with Crippen LogP contribution in [0.3, 0.4) is 0 Å². The molecule has 0 fully saturated rings. The quantitative estimate of drug-likeness (QED) is 0.707. The zero-order chi connectivity index (χ0) is 15.1. The third-order valence-corrected chi connectivity index (χ3v) is 3.37. The molecule has 20 heavy (non-hydrogen) atoms. The molecule has 4 heteroatoms. The number of aryl methyl sites for hydroxylation is 1. The van der Waals surface area contributed by atoms with Gasteiger partial charge in [-0.2, -0.15) is 13.2 Å². The molecule has 0 N–H and O–H groups in total. The van der Waals surface area contributed by atoms with Gasteiger partial charge in [-0.1, -0.05) is 39.8 Å². The SMILES string of the molecule is CCc1cc(C(C)(C)C)c2cccc(C(F)(F)F)c2n1. The molecule has 0 amide bonds. The first-order chi connectivity index (χ1) is 9.14. The predicted octanol–water partition coefficient (Wildman–Crippen LogP) is 5.11. The van der Waals surface area contributed by atoms with Crippen molar-refractivity contribution < 1.29 is 13.2 Å². The second-order valence-corrected chi connectivity index (χ2v) is 5.96. The van der Waals surface area contributed by atoms with E-state index in [2.05, 4.69) is 4.98 Å². The zero-order valence-corrected chi connectivity index (χ0v) is 12.1. The molecule has 2 rings (SSSR count). The molecule has 0 saturated carbocycles. The van der Waals surface area contributed by atoms with Crippen molar-refractivity contribution in [2.24, 2.45) is 0 Å². The highest BCUT2D eigenvalue weighted by atomic mass is 19.4. The number of hydrogen-bond acceptors (Lipinski definition) is 1. The molecule has 1 aromatic heterocycles. The lowest BCUT2D eigenvalue weighted by Crippen LogP contribution is -2.15. The number of halogens is 3. The molecule has 0 bridgehead atoms. The molecule has 0 aliphatic heterocycles. The molecule has 0 aliphatic rings.